The number of hydrogen-bond acceptors (Lipinski definition) is 5. The molecule has 1 aliphatic heterocycles. The zero-order valence-electron chi connectivity index (χ0n) is 19.3. The minimum Gasteiger partial charge on any atom is -0.442 e. The number of carbonyl (C=O) groups excluding carboxylic acids is 2. The van der Waals surface area contributed by atoms with E-state index in [-0.39, 0.29) is 30.3 Å². The van der Waals surface area contributed by atoms with E-state index in [1.165, 1.54) is 24.0 Å². The highest BCUT2D eigenvalue weighted by Crippen LogP contribution is 2.41. The average molecular weight is 500 g/mol. The number of alkyl halides is 3. The van der Waals surface area contributed by atoms with E-state index in [1.54, 1.807) is 12.1 Å². The maximum absolute atomic E-state index is 13.0. The van der Waals surface area contributed by atoms with Crippen molar-refractivity contribution < 1.29 is 32.2 Å². The van der Waals surface area contributed by atoms with Gasteiger partial charge in [0.05, 0.1) is 24.5 Å². The summed E-state index contributed by atoms with van der Waals surface area (Å²) in [6, 6.07) is 11.6. The summed E-state index contributed by atoms with van der Waals surface area (Å²) in [6.07, 6.45) is -3.67. The highest BCUT2D eigenvalue weighted by atomic mass is 19.4. The van der Waals surface area contributed by atoms with Gasteiger partial charge in [0.1, 0.15) is 11.9 Å². The number of amides is 2. The lowest BCUT2D eigenvalue weighted by Crippen LogP contribution is -2.33. The van der Waals surface area contributed by atoms with Crippen LogP contribution in [0.5, 0.6) is 5.75 Å². The number of H-pyrrole nitrogens is 1. The Hall–Kier alpha value is -4.02. The van der Waals surface area contributed by atoms with Crippen molar-refractivity contribution in [3.63, 3.8) is 0 Å². The Balaban J connectivity index is 1.49. The zero-order valence-corrected chi connectivity index (χ0v) is 19.3. The minimum absolute atomic E-state index is 0.209. The smallest absolute Gasteiger partial charge is 0.442 e. The van der Waals surface area contributed by atoms with Crippen molar-refractivity contribution >= 4 is 17.7 Å². The third-order valence-electron chi connectivity index (χ3n) is 6.24. The summed E-state index contributed by atoms with van der Waals surface area (Å²) in [4.78, 5) is 25.2. The fourth-order valence-corrected chi connectivity index (χ4v) is 4.67. The number of aromatic nitrogens is 2. The molecule has 1 fully saturated rings. The Bertz CT molecular complexity index is 1320. The fourth-order valence-electron chi connectivity index (χ4n) is 4.67. The molecule has 0 bridgehead atoms. The van der Waals surface area contributed by atoms with Crippen LogP contribution in [-0.4, -0.2) is 47.8 Å². The molecule has 1 saturated heterocycles. The number of halogens is 3. The van der Waals surface area contributed by atoms with E-state index in [4.69, 9.17) is 4.74 Å². The van der Waals surface area contributed by atoms with E-state index in [1.807, 2.05) is 18.2 Å². The van der Waals surface area contributed by atoms with E-state index >= 15 is 0 Å². The molecule has 1 atom stereocenters. The molecule has 2 N–H and O–H groups in total. The molecule has 11 heteroatoms. The summed E-state index contributed by atoms with van der Waals surface area (Å²) in [7, 11) is 0. The second-order valence-corrected chi connectivity index (χ2v) is 8.72. The van der Waals surface area contributed by atoms with Gasteiger partial charge in [-0.25, -0.2) is 4.79 Å². The Morgan fingerprint density at radius 2 is 2.03 bits per heavy atom. The van der Waals surface area contributed by atoms with Crippen LogP contribution in [0.4, 0.5) is 23.7 Å². The Labute approximate surface area is 204 Å². The molecule has 2 aliphatic rings. The van der Waals surface area contributed by atoms with Gasteiger partial charge in [0.2, 0.25) is 5.91 Å². The Kier molecular flexibility index (Phi) is 6.07. The molecule has 188 valence electrons. The van der Waals surface area contributed by atoms with Gasteiger partial charge < -0.3 is 14.8 Å². The van der Waals surface area contributed by atoms with E-state index < -0.39 is 18.6 Å². The number of hydrogen-bond donors (Lipinski definition) is 2. The van der Waals surface area contributed by atoms with Crippen molar-refractivity contribution in [2.45, 2.75) is 38.7 Å². The molecule has 1 aliphatic carbocycles. The molecule has 1 aromatic heterocycles. The first kappa shape index (κ1) is 23.7. The van der Waals surface area contributed by atoms with E-state index in [9.17, 15) is 22.8 Å². The summed E-state index contributed by atoms with van der Waals surface area (Å²) >= 11 is 0. The van der Waals surface area contributed by atoms with Crippen LogP contribution in [0.1, 0.15) is 24.5 Å². The molecule has 5 rings (SSSR count). The summed E-state index contributed by atoms with van der Waals surface area (Å²) in [6.45, 7) is 1.89. The molecule has 2 amide bonds. The number of fused-ring (bicyclic) bond motifs is 3. The Morgan fingerprint density at radius 1 is 1.22 bits per heavy atom. The second kappa shape index (κ2) is 9.21. The number of anilines is 1. The molecule has 1 unspecified atom stereocenters. The molecule has 0 spiro atoms. The molecule has 0 saturated carbocycles. The summed E-state index contributed by atoms with van der Waals surface area (Å²) in [5.74, 6) is -0.526. The maximum Gasteiger partial charge on any atom is 0.573 e. The number of carbonyl (C=O) groups is 2. The molecule has 2 aromatic carbocycles. The van der Waals surface area contributed by atoms with Gasteiger partial charge >= 0.3 is 12.5 Å². The highest BCUT2D eigenvalue weighted by molar-refractivity contribution is 5.91. The SMILES string of the molecule is CC(=O)NCC1CN(c2ccc3c(c2)-c2[nH]nc(-c4ccccc4OC(F)(F)F)c2CCC3)C(=O)O1. The predicted molar refractivity (Wildman–Crippen MR) is 124 cm³/mol. The molecule has 3 aromatic rings. The number of aromatic amines is 1. The van der Waals surface area contributed by atoms with Crippen molar-refractivity contribution in [1.29, 1.82) is 0 Å². The zero-order chi connectivity index (χ0) is 25.4. The lowest BCUT2D eigenvalue weighted by atomic mass is 9.98. The van der Waals surface area contributed by atoms with Gasteiger partial charge in [-0.2, -0.15) is 5.10 Å². The molecule has 8 nitrogen and oxygen atoms in total. The first-order valence-corrected chi connectivity index (χ1v) is 11.5. The number of ether oxygens (including phenoxy) is 2. The van der Waals surface area contributed by atoms with Gasteiger partial charge in [0, 0.05) is 29.3 Å². The number of nitrogens with one attached hydrogen (secondary N) is 2. The van der Waals surface area contributed by atoms with Crippen LogP contribution in [0, 0.1) is 0 Å². The molecule has 0 radical (unpaired) electrons. The largest absolute Gasteiger partial charge is 0.573 e. The van der Waals surface area contributed by atoms with E-state index in [0.29, 0.717) is 23.5 Å². The van der Waals surface area contributed by atoms with Crippen LogP contribution >= 0.6 is 0 Å². The van der Waals surface area contributed by atoms with Crippen LogP contribution in [0.3, 0.4) is 0 Å². The molecule has 36 heavy (non-hydrogen) atoms. The summed E-state index contributed by atoms with van der Waals surface area (Å²) < 4.78 is 48.6. The van der Waals surface area contributed by atoms with Crippen LogP contribution in [0.2, 0.25) is 0 Å². The fraction of sp³-hybridized carbons (Fsp3) is 0.320. The number of aryl methyl sites for hydroxylation is 1. The van der Waals surface area contributed by atoms with Crippen LogP contribution < -0.4 is 15.0 Å². The second-order valence-electron chi connectivity index (χ2n) is 8.72. The van der Waals surface area contributed by atoms with Crippen LogP contribution in [0.15, 0.2) is 42.5 Å². The number of cyclic esters (lactones) is 1. The maximum atomic E-state index is 13.0. The van der Waals surface area contributed by atoms with Gasteiger partial charge in [0.25, 0.3) is 0 Å². The van der Waals surface area contributed by atoms with Gasteiger partial charge in [-0.05, 0) is 49.1 Å². The third-order valence-corrected chi connectivity index (χ3v) is 6.24. The molecule has 2 heterocycles. The number of benzene rings is 2. The Morgan fingerprint density at radius 3 is 2.81 bits per heavy atom. The average Bonchev–Trinajstić information content (AvgIpc) is 3.35. The van der Waals surface area contributed by atoms with Crippen molar-refractivity contribution in [2.75, 3.05) is 18.0 Å². The lowest BCUT2D eigenvalue weighted by molar-refractivity contribution is -0.274. The summed E-state index contributed by atoms with van der Waals surface area (Å²) in [5.41, 5.74) is 4.62. The van der Waals surface area contributed by atoms with Gasteiger partial charge in [-0.1, -0.05) is 18.2 Å². The molecular weight excluding hydrogens is 477 g/mol. The monoisotopic (exact) mass is 500 g/mol. The highest BCUT2D eigenvalue weighted by Gasteiger charge is 2.34. The van der Waals surface area contributed by atoms with Crippen molar-refractivity contribution in [1.82, 2.24) is 15.5 Å². The topological polar surface area (TPSA) is 96.5 Å². The first-order valence-electron chi connectivity index (χ1n) is 11.5. The van der Waals surface area contributed by atoms with Crippen molar-refractivity contribution in [3.8, 4) is 28.3 Å². The number of rotatable bonds is 5. The van der Waals surface area contributed by atoms with Gasteiger partial charge in [-0.3, -0.25) is 14.8 Å². The van der Waals surface area contributed by atoms with E-state index in [2.05, 4.69) is 20.3 Å². The van der Waals surface area contributed by atoms with Crippen molar-refractivity contribution in [2.24, 2.45) is 0 Å². The van der Waals surface area contributed by atoms with Gasteiger partial charge in [0.15, 0.2) is 0 Å². The molecular formula is C25H23F3N4O4. The van der Waals surface area contributed by atoms with Crippen LogP contribution in [0.25, 0.3) is 22.5 Å². The first-order chi connectivity index (χ1) is 17.2. The van der Waals surface area contributed by atoms with Crippen molar-refractivity contribution in [3.05, 3.63) is 53.6 Å². The van der Waals surface area contributed by atoms with Crippen LogP contribution in [-0.2, 0) is 22.4 Å². The van der Waals surface area contributed by atoms with E-state index in [0.717, 1.165) is 29.5 Å². The standard InChI is InChI=1S/C25H23F3N4O4/c1-14(33)29-12-17-13-32(24(34)35-17)16-10-9-15-5-4-7-19-22(30-31-23(19)20(15)11-16)18-6-2-3-8-21(18)36-25(26,27)28/h2-3,6,8-11,17H,4-5,7,12-13H2,1H3,(H,29,33)(H,30,31). The normalized spacial score (nSPS) is 17.2. The number of para-hydroxylation sites is 1. The minimum atomic E-state index is -4.83. The quantitative estimate of drug-likeness (QED) is 0.534. The third kappa shape index (κ3) is 4.73. The number of nitrogens with zero attached hydrogens (tertiary/aromatic N) is 2. The van der Waals surface area contributed by atoms with Gasteiger partial charge in [-0.15, -0.1) is 13.2 Å². The lowest BCUT2D eigenvalue weighted by Gasteiger charge is -2.16. The summed E-state index contributed by atoms with van der Waals surface area (Å²) in [5, 5.41) is 10.0. The predicted octanol–water partition coefficient (Wildman–Crippen LogP) is 4.59.